The fourth-order valence-corrected chi connectivity index (χ4v) is 1.65. The number of halogens is 1. The van der Waals surface area contributed by atoms with Crippen molar-refractivity contribution in [3.8, 4) is 0 Å². The third-order valence-corrected chi connectivity index (χ3v) is 2.76. The largest absolute Gasteiger partial charge is 0.478 e. The quantitative estimate of drug-likeness (QED) is 0.663. The highest BCUT2D eigenvalue weighted by Crippen LogP contribution is 2.20. The van der Waals surface area contributed by atoms with E-state index in [1.807, 2.05) is 0 Å². The Morgan fingerprint density at radius 3 is 2.84 bits per heavy atom. The van der Waals surface area contributed by atoms with Gasteiger partial charge >= 0.3 is 5.97 Å². The molecule has 2 aromatic rings. The van der Waals surface area contributed by atoms with Crippen LogP contribution in [0.2, 0.25) is 5.02 Å². The number of rotatable bonds is 4. The zero-order valence-electron chi connectivity index (χ0n) is 10.1. The molecule has 0 amide bonds. The summed E-state index contributed by atoms with van der Waals surface area (Å²) in [4.78, 5) is 10.9. The molecule has 5 nitrogen and oxygen atoms in total. The summed E-state index contributed by atoms with van der Waals surface area (Å²) in [6, 6.07) is 8.12. The molecule has 0 aliphatic carbocycles. The molecule has 0 spiro atoms. The monoisotopic (exact) mass is 278 g/mol. The van der Waals surface area contributed by atoms with Gasteiger partial charge in [-0.1, -0.05) is 11.6 Å². The molecule has 2 N–H and O–H groups in total. The van der Waals surface area contributed by atoms with E-state index in [9.17, 15) is 4.79 Å². The number of carboxylic acid groups (broad SMARTS) is 1. The Hall–Kier alpha value is -2.27. The topological polar surface area (TPSA) is 74.8 Å². The molecule has 1 aromatic heterocycles. The van der Waals surface area contributed by atoms with E-state index < -0.39 is 5.97 Å². The fraction of sp³-hybridized carbons (Fsp3) is 0.0769. The highest BCUT2D eigenvalue weighted by Gasteiger charge is 2.09. The van der Waals surface area contributed by atoms with Crippen molar-refractivity contribution in [2.45, 2.75) is 6.92 Å². The Bertz CT molecular complexity index is 621. The highest BCUT2D eigenvalue weighted by atomic mass is 35.5. The third-order valence-electron chi connectivity index (χ3n) is 2.43. The number of anilines is 1. The third kappa shape index (κ3) is 3.14. The minimum Gasteiger partial charge on any atom is -0.478 e. The second kappa shape index (κ2) is 5.58. The number of nitrogens with zero attached hydrogens (tertiary/aromatic N) is 1. The molecule has 1 aromatic carbocycles. The lowest BCUT2D eigenvalue weighted by atomic mass is 10.2. The van der Waals surface area contributed by atoms with E-state index in [1.54, 1.807) is 31.4 Å². The van der Waals surface area contributed by atoms with E-state index in [-0.39, 0.29) is 10.6 Å². The van der Waals surface area contributed by atoms with E-state index in [0.717, 1.165) is 0 Å². The Labute approximate surface area is 114 Å². The van der Waals surface area contributed by atoms with Crippen molar-refractivity contribution in [1.29, 1.82) is 0 Å². The van der Waals surface area contributed by atoms with Gasteiger partial charge in [-0.15, -0.1) is 0 Å². The van der Waals surface area contributed by atoms with Gasteiger partial charge in [0.25, 0.3) is 0 Å². The van der Waals surface area contributed by atoms with Gasteiger partial charge < -0.3 is 9.52 Å². The lowest BCUT2D eigenvalue weighted by Gasteiger charge is -2.04. The van der Waals surface area contributed by atoms with Crippen LogP contribution in [0.3, 0.4) is 0 Å². The van der Waals surface area contributed by atoms with E-state index in [1.165, 1.54) is 12.1 Å². The zero-order chi connectivity index (χ0) is 13.8. The standard InChI is InChI=1S/C13H11ClN2O3/c1-8(12-3-2-6-19-12)15-16-9-4-5-11(14)10(7-9)13(17)18/h2-7,16H,1H3,(H,17,18). The molecule has 0 saturated carbocycles. The van der Waals surface area contributed by atoms with Crippen LogP contribution >= 0.6 is 11.6 Å². The average molecular weight is 279 g/mol. The number of benzene rings is 1. The van der Waals surface area contributed by atoms with Crippen LogP contribution in [0.5, 0.6) is 0 Å². The van der Waals surface area contributed by atoms with Gasteiger partial charge in [0.15, 0.2) is 0 Å². The predicted molar refractivity (Wildman–Crippen MR) is 73.0 cm³/mol. The molecule has 2 rings (SSSR count). The van der Waals surface area contributed by atoms with Crippen LogP contribution in [0.1, 0.15) is 23.0 Å². The number of nitrogens with one attached hydrogen (secondary N) is 1. The highest BCUT2D eigenvalue weighted by molar-refractivity contribution is 6.33. The first-order valence-corrected chi connectivity index (χ1v) is 5.83. The van der Waals surface area contributed by atoms with Gasteiger partial charge in [0.05, 0.1) is 22.5 Å². The molecule has 0 atom stereocenters. The predicted octanol–water partition coefficient (Wildman–Crippen LogP) is 3.47. The van der Waals surface area contributed by atoms with E-state index in [2.05, 4.69) is 10.5 Å². The lowest BCUT2D eigenvalue weighted by molar-refractivity contribution is 0.0697. The molecule has 0 aliphatic rings. The maximum atomic E-state index is 10.9. The Kier molecular flexibility index (Phi) is 3.87. The first-order valence-electron chi connectivity index (χ1n) is 5.45. The molecular formula is C13H11ClN2O3. The molecule has 0 aliphatic heterocycles. The first kappa shape index (κ1) is 13.2. The number of carboxylic acids is 1. The molecule has 0 saturated heterocycles. The van der Waals surface area contributed by atoms with E-state index in [0.29, 0.717) is 17.2 Å². The van der Waals surface area contributed by atoms with Crippen LogP contribution in [0.25, 0.3) is 0 Å². The summed E-state index contributed by atoms with van der Waals surface area (Å²) in [5.74, 6) is -0.444. The van der Waals surface area contributed by atoms with E-state index in [4.69, 9.17) is 21.1 Å². The number of hydrazone groups is 1. The van der Waals surface area contributed by atoms with Gasteiger partial charge in [-0.2, -0.15) is 5.10 Å². The smallest absolute Gasteiger partial charge is 0.337 e. The van der Waals surface area contributed by atoms with Gasteiger partial charge in [0, 0.05) is 0 Å². The van der Waals surface area contributed by atoms with Crippen molar-refractivity contribution in [2.24, 2.45) is 5.10 Å². The summed E-state index contributed by atoms with van der Waals surface area (Å²) in [5, 5.41) is 13.2. The number of furan rings is 1. The van der Waals surface area contributed by atoms with Gasteiger partial charge in [0.1, 0.15) is 11.5 Å². The van der Waals surface area contributed by atoms with Crippen LogP contribution in [0.4, 0.5) is 5.69 Å². The van der Waals surface area contributed by atoms with Gasteiger partial charge in [-0.3, -0.25) is 5.43 Å². The molecule has 0 unspecified atom stereocenters. The van der Waals surface area contributed by atoms with Crippen LogP contribution < -0.4 is 5.43 Å². The molecule has 1 heterocycles. The van der Waals surface area contributed by atoms with Crippen molar-refractivity contribution < 1.29 is 14.3 Å². The van der Waals surface area contributed by atoms with Crippen molar-refractivity contribution in [3.05, 3.63) is 52.9 Å². The Balaban J connectivity index is 2.18. The fourth-order valence-electron chi connectivity index (χ4n) is 1.45. The van der Waals surface area contributed by atoms with Gasteiger partial charge in [-0.05, 0) is 37.3 Å². The molecule has 19 heavy (non-hydrogen) atoms. The molecule has 0 fully saturated rings. The maximum absolute atomic E-state index is 10.9. The van der Waals surface area contributed by atoms with Crippen LogP contribution in [-0.2, 0) is 0 Å². The summed E-state index contributed by atoms with van der Waals surface area (Å²) in [5.41, 5.74) is 3.97. The second-order valence-electron chi connectivity index (χ2n) is 3.79. The second-order valence-corrected chi connectivity index (χ2v) is 4.19. The SMILES string of the molecule is CC(=NNc1ccc(Cl)c(C(=O)O)c1)c1ccco1. The van der Waals surface area contributed by atoms with Gasteiger partial charge in [0.2, 0.25) is 0 Å². The summed E-state index contributed by atoms with van der Waals surface area (Å²) in [6.45, 7) is 1.78. The van der Waals surface area contributed by atoms with Crippen molar-refractivity contribution in [3.63, 3.8) is 0 Å². The summed E-state index contributed by atoms with van der Waals surface area (Å²) >= 11 is 5.78. The molecule has 0 bridgehead atoms. The van der Waals surface area contributed by atoms with Gasteiger partial charge in [-0.25, -0.2) is 4.79 Å². The molecule has 98 valence electrons. The van der Waals surface area contributed by atoms with E-state index >= 15 is 0 Å². The summed E-state index contributed by atoms with van der Waals surface area (Å²) in [6.07, 6.45) is 1.55. The minimum absolute atomic E-state index is 0.0255. The molecular weight excluding hydrogens is 268 g/mol. The first-order chi connectivity index (χ1) is 9.08. The summed E-state index contributed by atoms with van der Waals surface area (Å²) in [7, 11) is 0. The Morgan fingerprint density at radius 2 is 2.21 bits per heavy atom. The van der Waals surface area contributed by atoms with Crippen LogP contribution in [0, 0.1) is 0 Å². The minimum atomic E-state index is -1.08. The van der Waals surface area contributed by atoms with Crippen molar-refractivity contribution in [2.75, 3.05) is 5.43 Å². The number of aromatic carboxylic acids is 1. The lowest BCUT2D eigenvalue weighted by Crippen LogP contribution is -2.01. The van der Waals surface area contributed by atoms with Crippen molar-refractivity contribution >= 4 is 29.0 Å². The maximum Gasteiger partial charge on any atom is 0.337 e. The van der Waals surface area contributed by atoms with Crippen molar-refractivity contribution in [1.82, 2.24) is 0 Å². The van der Waals surface area contributed by atoms with Crippen LogP contribution in [-0.4, -0.2) is 16.8 Å². The van der Waals surface area contributed by atoms with Crippen LogP contribution in [0.15, 0.2) is 46.1 Å². The summed E-state index contributed by atoms with van der Waals surface area (Å²) < 4.78 is 5.18. The number of hydrogen-bond acceptors (Lipinski definition) is 4. The molecule has 0 radical (unpaired) electrons. The Morgan fingerprint density at radius 1 is 1.42 bits per heavy atom. The average Bonchev–Trinajstić information content (AvgIpc) is 2.91. The number of hydrogen-bond donors (Lipinski definition) is 2. The normalized spacial score (nSPS) is 11.4. The zero-order valence-corrected chi connectivity index (χ0v) is 10.8. The number of carbonyl (C=O) groups is 1. The molecule has 6 heteroatoms.